The topological polar surface area (TPSA) is 71.8 Å². The van der Waals surface area contributed by atoms with Crippen LogP contribution in [0.15, 0.2) is 59.8 Å². The number of hydrogen-bond donors (Lipinski definition) is 2. The average Bonchev–Trinajstić information content (AvgIpc) is 3.02. The van der Waals surface area contributed by atoms with Gasteiger partial charge in [-0.3, -0.25) is 4.79 Å². The van der Waals surface area contributed by atoms with Crippen LogP contribution in [0, 0.1) is 6.92 Å². The molecule has 2 heterocycles. The molecule has 0 bridgehead atoms. The molecular formula is C18H16ClN5OS. The fraction of sp³-hybridized carbons (Fsp3) is 0.167. The highest BCUT2D eigenvalue weighted by molar-refractivity contribution is 8.00. The summed E-state index contributed by atoms with van der Waals surface area (Å²) in [6.07, 6.45) is 0. The quantitative estimate of drug-likeness (QED) is 0.720. The normalized spacial score (nSPS) is 18.7. The SMILES string of the molecule is Cc1nnc2n1N[C@H](c1ccccc1)[C@H](C(=O)Nc1cccc(Cl)c1)S2. The van der Waals surface area contributed by atoms with Gasteiger partial charge < -0.3 is 10.7 Å². The first-order valence-corrected chi connectivity index (χ1v) is 9.34. The third kappa shape index (κ3) is 3.27. The van der Waals surface area contributed by atoms with Gasteiger partial charge in [0.15, 0.2) is 0 Å². The molecule has 1 aromatic heterocycles. The Balaban J connectivity index is 1.66. The summed E-state index contributed by atoms with van der Waals surface area (Å²) in [6, 6.07) is 16.8. The highest BCUT2D eigenvalue weighted by Crippen LogP contribution is 2.37. The zero-order valence-electron chi connectivity index (χ0n) is 13.9. The van der Waals surface area contributed by atoms with Crippen LogP contribution >= 0.6 is 23.4 Å². The van der Waals surface area contributed by atoms with E-state index in [2.05, 4.69) is 20.9 Å². The molecule has 1 amide bonds. The van der Waals surface area contributed by atoms with Gasteiger partial charge in [-0.1, -0.05) is 59.8 Å². The molecular weight excluding hydrogens is 370 g/mol. The van der Waals surface area contributed by atoms with Gasteiger partial charge in [-0.25, -0.2) is 4.68 Å². The molecule has 4 rings (SSSR count). The Morgan fingerprint density at radius 2 is 2.00 bits per heavy atom. The first-order chi connectivity index (χ1) is 12.6. The van der Waals surface area contributed by atoms with E-state index in [1.54, 1.807) is 18.2 Å². The van der Waals surface area contributed by atoms with Gasteiger partial charge in [-0.2, -0.15) is 0 Å². The monoisotopic (exact) mass is 385 g/mol. The molecule has 0 fully saturated rings. The molecule has 0 aliphatic carbocycles. The number of carbonyl (C=O) groups is 1. The van der Waals surface area contributed by atoms with E-state index in [0.717, 1.165) is 11.4 Å². The molecule has 0 radical (unpaired) electrons. The van der Waals surface area contributed by atoms with Crippen molar-refractivity contribution in [1.82, 2.24) is 14.9 Å². The number of benzene rings is 2. The van der Waals surface area contributed by atoms with Crippen LogP contribution in [0.1, 0.15) is 17.4 Å². The van der Waals surface area contributed by atoms with Crippen LogP contribution in [0.3, 0.4) is 0 Å². The zero-order chi connectivity index (χ0) is 18.1. The summed E-state index contributed by atoms with van der Waals surface area (Å²) in [7, 11) is 0. The number of nitrogens with one attached hydrogen (secondary N) is 2. The number of fused-ring (bicyclic) bond motifs is 1. The molecule has 0 saturated carbocycles. The zero-order valence-corrected chi connectivity index (χ0v) is 15.5. The van der Waals surface area contributed by atoms with Crippen molar-refractivity contribution in [2.24, 2.45) is 0 Å². The molecule has 2 aromatic carbocycles. The Hall–Kier alpha value is -2.51. The van der Waals surface area contributed by atoms with Crippen molar-refractivity contribution in [2.45, 2.75) is 23.4 Å². The fourth-order valence-electron chi connectivity index (χ4n) is 2.85. The van der Waals surface area contributed by atoms with E-state index >= 15 is 0 Å². The van der Waals surface area contributed by atoms with Crippen LogP contribution < -0.4 is 10.7 Å². The third-order valence-electron chi connectivity index (χ3n) is 4.11. The smallest absolute Gasteiger partial charge is 0.240 e. The van der Waals surface area contributed by atoms with Crippen LogP contribution in [0.2, 0.25) is 5.02 Å². The maximum atomic E-state index is 13.0. The summed E-state index contributed by atoms with van der Waals surface area (Å²) in [5, 5.41) is 12.0. The number of thioether (sulfide) groups is 1. The van der Waals surface area contributed by atoms with Gasteiger partial charge in [0, 0.05) is 10.7 Å². The number of nitrogens with zero attached hydrogens (tertiary/aromatic N) is 3. The van der Waals surface area contributed by atoms with E-state index in [9.17, 15) is 4.79 Å². The second-order valence-corrected chi connectivity index (χ2v) is 7.47. The van der Waals surface area contributed by atoms with E-state index in [-0.39, 0.29) is 11.9 Å². The molecule has 132 valence electrons. The molecule has 1 aliphatic rings. The van der Waals surface area contributed by atoms with Crippen LogP contribution in [-0.4, -0.2) is 26.0 Å². The number of anilines is 1. The van der Waals surface area contributed by atoms with Gasteiger partial charge >= 0.3 is 0 Å². The van der Waals surface area contributed by atoms with Crippen LogP contribution in [0.5, 0.6) is 0 Å². The summed E-state index contributed by atoms with van der Waals surface area (Å²) < 4.78 is 1.82. The van der Waals surface area contributed by atoms with E-state index in [0.29, 0.717) is 15.9 Å². The molecule has 26 heavy (non-hydrogen) atoms. The fourth-order valence-corrected chi connectivity index (χ4v) is 4.17. The summed E-state index contributed by atoms with van der Waals surface area (Å²) >= 11 is 7.41. The van der Waals surface area contributed by atoms with Crippen LogP contribution in [0.4, 0.5) is 5.69 Å². The lowest BCUT2D eigenvalue weighted by atomic mass is 10.0. The number of carbonyl (C=O) groups excluding carboxylic acids is 1. The summed E-state index contributed by atoms with van der Waals surface area (Å²) in [5.74, 6) is 0.632. The lowest BCUT2D eigenvalue weighted by molar-refractivity contribution is -0.116. The predicted molar refractivity (Wildman–Crippen MR) is 103 cm³/mol. The van der Waals surface area contributed by atoms with Crippen molar-refractivity contribution in [3.63, 3.8) is 0 Å². The second kappa shape index (κ2) is 7.01. The van der Waals surface area contributed by atoms with Gasteiger partial charge in [-0.15, -0.1) is 10.2 Å². The molecule has 0 spiro atoms. The number of hydrogen-bond acceptors (Lipinski definition) is 5. The van der Waals surface area contributed by atoms with E-state index in [1.807, 2.05) is 48.0 Å². The number of aryl methyl sites for hydroxylation is 1. The maximum absolute atomic E-state index is 13.0. The third-order valence-corrected chi connectivity index (χ3v) is 5.56. The number of aromatic nitrogens is 3. The molecule has 0 saturated heterocycles. The number of amides is 1. The minimum absolute atomic E-state index is 0.120. The Bertz CT molecular complexity index is 946. The number of halogens is 1. The van der Waals surface area contributed by atoms with Gasteiger partial charge in [-0.05, 0) is 30.7 Å². The molecule has 3 aromatic rings. The molecule has 2 atom stereocenters. The van der Waals surface area contributed by atoms with Crippen molar-refractivity contribution >= 4 is 35.0 Å². The van der Waals surface area contributed by atoms with Crippen molar-refractivity contribution in [1.29, 1.82) is 0 Å². The minimum Gasteiger partial charge on any atom is -0.325 e. The predicted octanol–water partition coefficient (Wildman–Crippen LogP) is 3.64. The Morgan fingerprint density at radius 1 is 1.19 bits per heavy atom. The van der Waals surface area contributed by atoms with Crippen LogP contribution in [-0.2, 0) is 4.79 Å². The van der Waals surface area contributed by atoms with E-state index in [4.69, 9.17) is 11.6 Å². The second-order valence-electron chi connectivity index (χ2n) is 5.92. The van der Waals surface area contributed by atoms with Gasteiger partial charge in [0.05, 0.1) is 6.04 Å². The van der Waals surface area contributed by atoms with Crippen molar-refractivity contribution < 1.29 is 4.79 Å². The molecule has 8 heteroatoms. The van der Waals surface area contributed by atoms with Gasteiger partial charge in [0.25, 0.3) is 0 Å². The summed E-state index contributed by atoms with van der Waals surface area (Å²) in [6.45, 7) is 1.87. The Labute approximate surface area is 159 Å². The van der Waals surface area contributed by atoms with Gasteiger partial charge in [0.1, 0.15) is 11.1 Å². The lowest BCUT2D eigenvalue weighted by Crippen LogP contribution is -2.41. The first-order valence-electron chi connectivity index (χ1n) is 8.08. The Morgan fingerprint density at radius 3 is 2.77 bits per heavy atom. The lowest BCUT2D eigenvalue weighted by Gasteiger charge is -2.32. The molecule has 1 aliphatic heterocycles. The number of rotatable bonds is 3. The highest BCUT2D eigenvalue weighted by Gasteiger charge is 2.37. The maximum Gasteiger partial charge on any atom is 0.240 e. The highest BCUT2D eigenvalue weighted by atomic mass is 35.5. The first kappa shape index (κ1) is 16.9. The van der Waals surface area contributed by atoms with Crippen molar-refractivity contribution in [3.05, 3.63) is 71.0 Å². The molecule has 0 unspecified atom stereocenters. The minimum atomic E-state index is -0.410. The van der Waals surface area contributed by atoms with Crippen LogP contribution in [0.25, 0.3) is 0 Å². The molecule has 2 N–H and O–H groups in total. The van der Waals surface area contributed by atoms with E-state index < -0.39 is 5.25 Å². The van der Waals surface area contributed by atoms with E-state index in [1.165, 1.54) is 11.8 Å². The average molecular weight is 386 g/mol. The summed E-state index contributed by atoms with van der Waals surface area (Å²) in [5.41, 5.74) is 5.06. The standard InChI is InChI=1S/C18H16ClN5OS/c1-11-21-22-18-24(11)23-15(12-6-3-2-4-7-12)16(26-18)17(25)20-14-9-5-8-13(19)10-14/h2-10,15-16,23H,1H3,(H,20,25)/t15-,16-/m1/s1. The van der Waals surface area contributed by atoms with Gasteiger partial charge in [0.2, 0.25) is 11.1 Å². The Kier molecular flexibility index (Phi) is 4.57. The van der Waals surface area contributed by atoms with Crippen molar-refractivity contribution in [2.75, 3.05) is 10.7 Å². The molecule has 6 nitrogen and oxygen atoms in total. The summed E-state index contributed by atoms with van der Waals surface area (Å²) in [4.78, 5) is 13.0. The van der Waals surface area contributed by atoms with Crippen molar-refractivity contribution in [3.8, 4) is 0 Å². The largest absolute Gasteiger partial charge is 0.325 e.